The van der Waals surface area contributed by atoms with Crippen LogP contribution < -0.4 is 10.5 Å². The van der Waals surface area contributed by atoms with Gasteiger partial charge in [-0.3, -0.25) is 0 Å². The highest BCUT2D eigenvalue weighted by molar-refractivity contribution is 9.10. The molecule has 0 radical (unpaired) electrons. The van der Waals surface area contributed by atoms with Crippen LogP contribution in [-0.2, 0) is 0 Å². The Labute approximate surface area is 92.6 Å². The molecule has 2 nitrogen and oxygen atoms in total. The van der Waals surface area contributed by atoms with Crippen LogP contribution in [0.15, 0.2) is 22.7 Å². The van der Waals surface area contributed by atoms with Gasteiger partial charge in [-0.1, -0.05) is 15.9 Å². The Kier molecular flexibility index (Phi) is 2.79. The van der Waals surface area contributed by atoms with Crippen molar-refractivity contribution in [2.45, 2.75) is 12.3 Å². The molecular weight excluding hydrogens is 242 g/mol. The maximum Gasteiger partial charge on any atom is 0.122 e. The Morgan fingerprint density at radius 3 is 2.93 bits per heavy atom. The third-order valence-electron chi connectivity index (χ3n) is 2.82. The van der Waals surface area contributed by atoms with E-state index in [-0.39, 0.29) is 0 Å². The van der Waals surface area contributed by atoms with Crippen molar-refractivity contribution >= 4 is 15.9 Å². The largest absolute Gasteiger partial charge is 0.496 e. The Balaban J connectivity index is 2.27. The second-order valence-corrected chi connectivity index (χ2v) is 4.64. The molecule has 1 aromatic rings. The normalized spacial score (nSPS) is 24.8. The summed E-state index contributed by atoms with van der Waals surface area (Å²) in [5, 5.41) is 0. The average Bonchev–Trinajstić information content (AvgIpc) is 2.96. The second kappa shape index (κ2) is 3.91. The first-order valence-corrected chi connectivity index (χ1v) is 5.59. The zero-order valence-electron chi connectivity index (χ0n) is 8.16. The van der Waals surface area contributed by atoms with Crippen LogP contribution in [0.1, 0.15) is 17.9 Å². The number of halogens is 1. The molecule has 14 heavy (non-hydrogen) atoms. The smallest absolute Gasteiger partial charge is 0.122 e. The molecule has 0 aromatic heterocycles. The molecule has 1 aromatic carbocycles. The number of rotatable bonds is 3. The van der Waals surface area contributed by atoms with Crippen molar-refractivity contribution in [1.29, 1.82) is 0 Å². The van der Waals surface area contributed by atoms with Crippen LogP contribution in [-0.4, -0.2) is 13.7 Å². The minimum atomic E-state index is 0.604. The van der Waals surface area contributed by atoms with E-state index in [1.807, 2.05) is 12.1 Å². The quantitative estimate of drug-likeness (QED) is 0.901. The summed E-state index contributed by atoms with van der Waals surface area (Å²) in [6.45, 7) is 0.778. The summed E-state index contributed by atoms with van der Waals surface area (Å²) in [5.41, 5.74) is 6.93. The monoisotopic (exact) mass is 255 g/mol. The van der Waals surface area contributed by atoms with Crippen LogP contribution in [0.4, 0.5) is 0 Å². The summed E-state index contributed by atoms with van der Waals surface area (Å²) in [5.74, 6) is 2.24. The van der Waals surface area contributed by atoms with Gasteiger partial charge < -0.3 is 10.5 Å². The molecule has 1 saturated carbocycles. The van der Waals surface area contributed by atoms with E-state index >= 15 is 0 Å². The van der Waals surface area contributed by atoms with Gasteiger partial charge in [-0.05, 0) is 48.6 Å². The average molecular weight is 256 g/mol. The van der Waals surface area contributed by atoms with Gasteiger partial charge in [0, 0.05) is 4.47 Å². The van der Waals surface area contributed by atoms with Crippen molar-refractivity contribution in [1.82, 2.24) is 0 Å². The van der Waals surface area contributed by atoms with E-state index in [2.05, 4.69) is 22.0 Å². The van der Waals surface area contributed by atoms with E-state index in [1.165, 1.54) is 12.0 Å². The minimum absolute atomic E-state index is 0.604. The molecule has 0 saturated heterocycles. The molecule has 1 fully saturated rings. The first kappa shape index (κ1) is 9.99. The highest BCUT2D eigenvalue weighted by Gasteiger charge is 2.38. The van der Waals surface area contributed by atoms with Crippen LogP contribution in [0.25, 0.3) is 0 Å². The zero-order chi connectivity index (χ0) is 10.1. The van der Waals surface area contributed by atoms with Crippen molar-refractivity contribution in [3.63, 3.8) is 0 Å². The lowest BCUT2D eigenvalue weighted by Crippen LogP contribution is -2.02. The summed E-state index contributed by atoms with van der Waals surface area (Å²) in [6.07, 6.45) is 1.20. The molecule has 0 spiro atoms. The van der Waals surface area contributed by atoms with Gasteiger partial charge in [0.25, 0.3) is 0 Å². The molecular formula is C11H14BrNO. The van der Waals surface area contributed by atoms with E-state index in [0.717, 1.165) is 16.8 Å². The lowest BCUT2D eigenvalue weighted by Gasteiger charge is -2.08. The SMILES string of the molecule is COc1ccc(Br)cc1[C@@H]1C[C@H]1CN. The first-order valence-electron chi connectivity index (χ1n) is 4.79. The molecule has 0 aliphatic heterocycles. The summed E-state index contributed by atoms with van der Waals surface area (Å²) >= 11 is 3.48. The third kappa shape index (κ3) is 1.79. The number of benzene rings is 1. The van der Waals surface area contributed by atoms with E-state index < -0.39 is 0 Å². The van der Waals surface area contributed by atoms with E-state index in [4.69, 9.17) is 10.5 Å². The third-order valence-corrected chi connectivity index (χ3v) is 3.31. The zero-order valence-corrected chi connectivity index (χ0v) is 9.75. The Morgan fingerprint density at radius 1 is 1.57 bits per heavy atom. The lowest BCUT2D eigenvalue weighted by atomic mass is 10.1. The Bertz CT molecular complexity index is 340. The van der Waals surface area contributed by atoms with Crippen LogP contribution in [0.3, 0.4) is 0 Å². The molecule has 1 aliphatic carbocycles. The molecule has 0 heterocycles. The van der Waals surface area contributed by atoms with Crippen molar-refractivity contribution in [3.05, 3.63) is 28.2 Å². The van der Waals surface area contributed by atoms with Crippen LogP contribution in [0, 0.1) is 5.92 Å². The molecule has 2 rings (SSSR count). The van der Waals surface area contributed by atoms with Crippen LogP contribution in [0.2, 0.25) is 0 Å². The standard InChI is InChI=1S/C11H14BrNO/c1-14-11-3-2-8(12)5-10(11)9-4-7(9)6-13/h2-3,5,7,9H,4,6,13H2,1H3/t7-,9+/m0/s1. The van der Waals surface area contributed by atoms with Gasteiger partial charge in [-0.2, -0.15) is 0 Å². The molecule has 2 atom stereocenters. The minimum Gasteiger partial charge on any atom is -0.496 e. The van der Waals surface area contributed by atoms with Gasteiger partial charge in [-0.15, -0.1) is 0 Å². The fourth-order valence-electron chi connectivity index (χ4n) is 1.88. The Hall–Kier alpha value is -0.540. The lowest BCUT2D eigenvalue weighted by molar-refractivity contribution is 0.409. The molecule has 76 valence electrons. The maximum atomic E-state index is 5.64. The van der Waals surface area contributed by atoms with Gasteiger partial charge in [0.2, 0.25) is 0 Å². The number of ether oxygens (including phenoxy) is 1. The Morgan fingerprint density at radius 2 is 2.36 bits per heavy atom. The molecule has 0 bridgehead atoms. The van der Waals surface area contributed by atoms with Gasteiger partial charge in [0.05, 0.1) is 7.11 Å². The maximum absolute atomic E-state index is 5.64. The number of hydrogen-bond acceptors (Lipinski definition) is 2. The van der Waals surface area contributed by atoms with Crippen LogP contribution in [0.5, 0.6) is 5.75 Å². The number of nitrogens with two attached hydrogens (primary N) is 1. The fourth-order valence-corrected chi connectivity index (χ4v) is 2.26. The molecule has 0 amide bonds. The summed E-state index contributed by atoms with van der Waals surface area (Å²) in [6, 6.07) is 6.15. The number of hydrogen-bond donors (Lipinski definition) is 1. The highest BCUT2D eigenvalue weighted by Crippen LogP contribution is 2.50. The first-order chi connectivity index (χ1) is 6.76. The summed E-state index contributed by atoms with van der Waals surface area (Å²) in [7, 11) is 1.71. The van der Waals surface area contributed by atoms with Crippen LogP contribution >= 0.6 is 15.9 Å². The highest BCUT2D eigenvalue weighted by atomic mass is 79.9. The van der Waals surface area contributed by atoms with Crippen molar-refractivity contribution in [3.8, 4) is 5.75 Å². The van der Waals surface area contributed by atoms with Gasteiger partial charge in [0.1, 0.15) is 5.75 Å². The predicted molar refractivity (Wildman–Crippen MR) is 60.6 cm³/mol. The van der Waals surface area contributed by atoms with E-state index in [0.29, 0.717) is 11.8 Å². The predicted octanol–water partition coefficient (Wildman–Crippen LogP) is 2.52. The van der Waals surface area contributed by atoms with Crippen molar-refractivity contribution in [2.24, 2.45) is 11.7 Å². The second-order valence-electron chi connectivity index (χ2n) is 3.72. The molecule has 0 unspecified atom stereocenters. The van der Waals surface area contributed by atoms with Gasteiger partial charge in [-0.25, -0.2) is 0 Å². The summed E-state index contributed by atoms with van der Waals surface area (Å²) in [4.78, 5) is 0. The molecule has 2 N–H and O–H groups in total. The van der Waals surface area contributed by atoms with Gasteiger partial charge >= 0.3 is 0 Å². The van der Waals surface area contributed by atoms with Crippen molar-refractivity contribution < 1.29 is 4.74 Å². The van der Waals surface area contributed by atoms with Gasteiger partial charge in [0.15, 0.2) is 0 Å². The fraction of sp³-hybridized carbons (Fsp3) is 0.455. The summed E-state index contributed by atoms with van der Waals surface area (Å²) < 4.78 is 6.44. The van der Waals surface area contributed by atoms with Crippen molar-refractivity contribution in [2.75, 3.05) is 13.7 Å². The van der Waals surface area contributed by atoms with E-state index in [1.54, 1.807) is 7.11 Å². The molecule has 3 heteroatoms. The topological polar surface area (TPSA) is 35.2 Å². The molecule has 1 aliphatic rings. The van der Waals surface area contributed by atoms with E-state index in [9.17, 15) is 0 Å². The number of methoxy groups -OCH3 is 1.